The molecule has 3 aromatic rings. The molecule has 0 saturated heterocycles. The molecule has 142 valence electrons. The number of aromatic nitrogens is 1. The number of sulfone groups is 1. The number of carbonyl (C=O) groups excluding carboxylic acids is 1. The van der Waals surface area contributed by atoms with Gasteiger partial charge in [0.1, 0.15) is 5.75 Å². The van der Waals surface area contributed by atoms with Crippen molar-refractivity contribution in [2.45, 2.75) is 18.2 Å². The number of para-hydroxylation sites is 1. The van der Waals surface area contributed by atoms with E-state index in [2.05, 4.69) is 29.0 Å². The van der Waals surface area contributed by atoms with Gasteiger partial charge in [-0.1, -0.05) is 12.1 Å². The zero-order valence-electron chi connectivity index (χ0n) is 15.2. The van der Waals surface area contributed by atoms with Crippen LogP contribution in [0.5, 0.6) is 0 Å². The summed E-state index contributed by atoms with van der Waals surface area (Å²) in [4.78, 5) is 18.5. The molecule has 0 radical (unpaired) electrons. The summed E-state index contributed by atoms with van der Waals surface area (Å²) < 4.78 is 25.8. The molecule has 0 aliphatic carbocycles. The second-order valence-corrected chi connectivity index (χ2v) is 9.17. The van der Waals surface area contributed by atoms with Crippen molar-refractivity contribution in [2.75, 3.05) is 29.1 Å². The van der Waals surface area contributed by atoms with E-state index >= 15 is 0 Å². The van der Waals surface area contributed by atoms with E-state index in [4.69, 9.17) is 0 Å². The zero-order valence-corrected chi connectivity index (χ0v) is 16.8. The molecule has 1 aromatic heterocycles. The zero-order chi connectivity index (χ0) is 19.4. The Bertz CT molecular complexity index is 1010. The monoisotopic (exact) mass is 403 g/mol. The molecule has 1 heterocycles. The maximum Gasteiger partial charge on any atom is 0.240 e. The summed E-state index contributed by atoms with van der Waals surface area (Å²) in [7, 11) is -3.78. The number of nitrogens with zero attached hydrogens (tertiary/aromatic N) is 2. The first-order valence-corrected chi connectivity index (χ1v) is 11.1. The summed E-state index contributed by atoms with van der Waals surface area (Å²) in [6, 6.07) is 14.5. The number of amides is 1. The largest absolute Gasteiger partial charge is 0.372 e. The summed E-state index contributed by atoms with van der Waals surface area (Å²) in [5.41, 5.74) is 2.24. The molecule has 0 aliphatic heterocycles. The van der Waals surface area contributed by atoms with Crippen molar-refractivity contribution < 1.29 is 13.2 Å². The molecule has 0 spiro atoms. The predicted molar refractivity (Wildman–Crippen MR) is 110 cm³/mol. The fraction of sp³-hybridized carbons (Fsp3) is 0.263. The molecular formula is C19H21N3O3S2. The van der Waals surface area contributed by atoms with Crippen LogP contribution in [-0.4, -0.2) is 38.2 Å². The van der Waals surface area contributed by atoms with Gasteiger partial charge in [-0.15, -0.1) is 11.3 Å². The number of anilines is 2. The van der Waals surface area contributed by atoms with Crippen LogP contribution in [0.25, 0.3) is 10.2 Å². The third kappa shape index (κ3) is 4.45. The summed E-state index contributed by atoms with van der Waals surface area (Å²) in [5.74, 6) is -1.21. The molecule has 3 rings (SSSR count). The third-order valence-corrected chi connectivity index (χ3v) is 7.25. The Hall–Kier alpha value is -2.45. The van der Waals surface area contributed by atoms with Crippen LogP contribution in [0.1, 0.15) is 13.8 Å². The highest BCUT2D eigenvalue weighted by molar-refractivity contribution is 7.94. The second kappa shape index (κ2) is 8.06. The number of carbonyl (C=O) groups is 1. The van der Waals surface area contributed by atoms with Crippen LogP contribution in [0.15, 0.2) is 52.9 Å². The summed E-state index contributed by atoms with van der Waals surface area (Å²) >= 11 is 1.08. The summed E-state index contributed by atoms with van der Waals surface area (Å²) in [5, 5.41) is 2.64. The molecule has 0 fully saturated rings. The maximum atomic E-state index is 12.5. The van der Waals surface area contributed by atoms with Crippen LogP contribution >= 0.6 is 11.3 Å². The Morgan fingerprint density at radius 1 is 1.07 bits per heavy atom. The van der Waals surface area contributed by atoms with Gasteiger partial charge in [-0.3, -0.25) is 4.79 Å². The number of nitrogens with one attached hydrogen (secondary N) is 1. The number of thiazole rings is 1. The van der Waals surface area contributed by atoms with Crippen molar-refractivity contribution in [3.8, 4) is 0 Å². The van der Waals surface area contributed by atoms with Gasteiger partial charge in [0.2, 0.25) is 20.1 Å². The highest BCUT2D eigenvalue weighted by atomic mass is 32.2. The first-order valence-electron chi connectivity index (χ1n) is 8.66. The lowest BCUT2D eigenvalue weighted by atomic mass is 10.2. The van der Waals surface area contributed by atoms with E-state index in [1.807, 2.05) is 24.3 Å². The lowest BCUT2D eigenvalue weighted by molar-refractivity contribution is -0.113. The quantitative estimate of drug-likeness (QED) is 0.653. The van der Waals surface area contributed by atoms with Gasteiger partial charge in [-0.05, 0) is 50.2 Å². The van der Waals surface area contributed by atoms with Crippen LogP contribution < -0.4 is 10.2 Å². The Morgan fingerprint density at radius 2 is 1.74 bits per heavy atom. The van der Waals surface area contributed by atoms with Crippen molar-refractivity contribution in [3.05, 3.63) is 48.5 Å². The smallest absolute Gasteiger partial charge is 0.240 e. The van der Waals surface area contributed by atoms with E-state index < -0.39 is 21.5 Å². The average molecular weight is 404 g/mol. The van der Waals surface area contributed by atoms with Gasteiger partial charge in [-0.25, -0.2) is 13.4 Å². The normalized spacial score (nSPS) is 11.5. The molecule has 0 unspecified atom stereocenters. The Morgan fingerprint density at radius 3 is 2.37 bits per heavy atom. The Labute approximate surface area is 162 Å². The number of hydrogen-bond acceptors (Lipinski definition) is 6. The first-order chi connectivity index (χ1) is 12.9. The molecule has 8 heteroatoms. The van der Waals surface area contributed by atoms with Gasteiger partial charge in [0.15, 0.2) is 0 Å². The van der Waals surface area contributed by atoms with E-state index in [0.29, 0.717) is 11.2 Å². The van der Waals surface area contributed by atoms with Gasteiger partial charge in [-0.2, -0.15) is 0 Å². The molecule has 0 aliphatic rings. The summed E-state index contributed by atoms with van der Waals surface area (Å²) in [6.45, 7) is 5.93. The molecule has 2 aromatic carbocycles. The van der Waals surface area contributed by atoms with Crippen LogP contribution in [0, 0.1) is 0 Å². The number of fused-ring (bicyclic) bond motifs is 1. The van der Waals surface area contributed by atoms with Crippen LogP contribution in [0.2, 0.25) is 0 Å². The van der Waals surface area contributed by atoms with Crippen LogP contribution in [0.4, 0.5) is 11.4 Å². The molecule has 6 nitrogen and oxygen atoms in total. The van der Waals surface area contributed by atoms with Crippen LogP contribution in [-0.2, 0) is 14.6 Å². The minimum Gasteiger partial charge on any atom is -0.372 e. The average Bonchev–Trinajstić information content (AvgIpc) is 3.09. The van der Waals surface area contributed by atoms with Crippen LogP contribution in [0.3, 0.4) is 0 Å². The van der Waals surface area contributed by atoms with Gasteiger partial charge in [0.25, 0.3) is 0 Å². The molecule has 0 saturated carbocycles. The van der Waals surface area contributed by atoms with Gasteiger partial charge < -0.3 is 10.2 Å². The second-order valence-electron chi connectivity index (χ2n) is 5.97. The summed E-state index contributed by atoms with van der Waals surface area (Å²) in [6.07, 6.45) is 0. The minimum atomic E-state index is -3.78. The number of rotatable bonds is 7. The first kappa shape index (κ1) is 19.3. The van der Waals surface area contributed by atoms with Crippen molar-refractivity contribution in [1.29, 1.82) is 0 Å². The topological polar surface area (TPSA) is 79.4 Å². The Kier molecular flexibility index (Phi) is 5.76. The lowest BCUT2D eigenvalue weighted by Gasteiger charge is -2.21. The standard InChI is InChI=1S/C19H21N3O3S2/c1-3-22(4-2)15-11-9-14(10-12-15)20-18(23)13-27(24,25)19-21-16-7-5-6-8-17(16)26-19/h5-12H,3-4,13H2,1-2H3,(H,20,23). The highest BCUT2D eigenvalue weighted by Crippen LogP contribution is 2.26. The Balaban J connectivity index is 1.69. The molecule has 1 amide bonds. The van der Waals surface area contributed by atoms with Crippen molar-refractivity contribution >= 4 is 48.7 Å². The van der Waals surface area contributed by atoms with E-state index in [1.165, 1.54) is 0 Å². The van der Waals surface area contributed by atoms with Crippen molar-refractivity contribution in [3.63, 3.8) is 0 Å². The van der Waals surface area contributed by atoms with Gasteiger partial charge >= 0.3 is 0 Å². The molecule has 1 N–H and O–H groups in total. The number of benzene rings is 2. The van der Waals surface area contributed by atoms with Crippen molar-refractivity contribution in [2.24, 2.45) is 0 Å². The predicted octanol–water partition coefficient (Wildman–Crippen LogP) is 3.55. The molecule has 0 bridgehead atoms. The maximum absolute atomic E-state index is 12.5. The van der Waals surface area contributed by atoms with E-state index in [1.54, 1.807) is 24.3 Å². The van der Waals surface area contributed by atoms with E-state index in [9.17, 15) is 13.2 Å². The fourth-order valence-corrected chi connectivity index (χ4v) is 5.19. The van der Waals surface area contributed by atoms with E-state index in [0.717, 1.165) is 34.8 Å². The van der Waals surface area contributed by atoms with E-state index in [-0.39, 0.29) is 4.34 Å². The van der Waals surface area contributed by atoms with Gasteiger partial charge in [0.05, 0.1) is 10.2 Å². The molecule has 0 atom stereocenters. The van der Waals surface area contributed by atoms with Crippen molar-refractivity contribution in [1.82, 2.24) is 4.98 Å². The molecule has 27 heavy (non-hydrogen) atoms. The third-order valence-electron chi connectivity index (χ3n) is 4.14. The number of hydrogen-bond donors (Lipinski definition) is 1. The minimum absolute atomic E-state index is 0.0317. The van der Waals surface area contributed by atoms with Gasteiger partial charge in [0, 0.05) is 24.5 Å². The molecular weight excluding hydrogens is 382 g/mol. The lowest BCUT2D eigenvalue weighted by Crippen LogP contribution is -2.23. The highest BCUT2D eigenvalue weighted by Gasteiger charge is 2.23. The SMILES string of the molecule is CCN(CC)c1ccc(NC(=O)CS(=O)(=O)c2nc3ccccc3s2)cc1. The fourth-order valence-electron chi connectivity index (χ4n) is 2.76.